The molecule has 0 fully saturated rings. The molecule has 0 spiro atoms. The van der Waals surface area contributed by atoms with Crippen molar-refractivity contribution in [3.8, 4) is 5.69 Å². The Morgan fingerprint density at radius 3 is 2.42 bits per heavy atom. The molecule has 1 N–H and O–H groups in total. The molecule has 0 unspecified atom stereocenters. The van der Waals surface area contributed by atoms with Gasteiger partial charge in [0.05, 0.1) is 18.2 Å². The van der Waals surface area contributed by atoms with Crippen molar-refractivity contribution in [3.05, 3.63) is 80.0 Å². The van der Waals surface area contributed by atoms with Gasteiger partial charge < -0.3 is 4.57 Å². The van der Waals surface area contributed by atoms with Gasteiger partial charge in [-0.2, -0.15) is 5.10 Å². The second kappa shape index (κ2) is 10.3. The predicted octanol–water partition coefficient (Wildman–Crippen LogP) is 5.08. The van der Waals surface area contributed by atoms with Crippen LogP contribution in [0.15, 0.2) is 58.1 Å². The summed E-state index contributed by atoms with van der Waals surface area (Å²) in [5.41, 5.74) is 6.31. The highest BCUT2D eigenvalue weighted by Gasteiger charge is 2.21. The third kappa shape index (κ3) is 6.38. The van der Waals surface area contributed by atoms with Crippen LogP contribution in [0.3, 0.4) is 0 Å². The lowest BCUT2D eigenvalue weighted by Gasteiger charge is -2.21. The van der Waals surface area contributed by atoms with Crippen molar-refractivity contribution >= 4 is 67.0 Å². The zero-order valence-electron chi connectivity index (χ0n) is 18.0. The van der Waals surface area contributed by atoms with Crippen molar-refractivity contribution < 1.29 is 13.2 Å². The molecule has 0 aliphatic heterocycles. The first-order valence-corrected chi connectivity index (χ1v) is 13.1. The molecule has 0 aliphatic carbocycles. The highest BCUT2D eigenvalue weighted by molar-refractivity contribution is 9.10. The summed E-state index contributed by atoms with van der Waals surface area (Å²) >= 11 is 15.4. The molecule has 0 atom stereocenters. The third-order valence-corrected chi connectivity index (χ3v) is 6.82. The molecular weight excluding hydrogens is 551 g/mol. The van der Waals surface area contributed by atoms with Gasteiger partial charge in [-0.05, 0) is 56.3 Å². The van der Waals surface area contributed by atoms with Crippen molar-refractivity contribution in [2.45, 2.75) is 13.8 Å². The summed E-state index contributed by atoms with van der Waals surface area (Å²) in [7, 11) is -3.77. The number of hydrogen-bond acceptors (Lipinski definition) is 4. The van der Waals surface area contributed by atoms with E-state index in [0.29, 0.717) is 0 Å². The maximum absolute atomic E-state index is 12.4. The van der Waals surface area contributed by atoms with Gasteiger partial charge in [0.2, 0.25) is 10.0 Å². The lowest BCUT2D eigenvalue weighted by atomic mass is 10.2. The van der Waals surface area contributed by atoms with Gasteiger partial charge in [-0.15, -0.1) is 0 Å². The number of carbonyl (C=O) groups is 1. The number of hydrogen-bond donors (Lipinski definition) is 1. The number of halogens is 3. The molecule has 0 saturated carbocycles. The van der Waals surface area contributed by atoms with E-state index in [9.17, 15) is 13.2 Å². The summed E-state index contributed by atoms with van der Waals surface area (Å²) in [6, 6.07) is 14.2. The van der Waals surface area contributed by atoms with Crippen LogP contribution in [0.5, 0.6) is 0 Å². The van der Waals surface area contributed by atoms with Crippen LogP contribution >= 0.6 is 39.1 Å². The van der Waals surface area contributed by atoms with Crippen molar-refractivity contribution in [1.82, 2.24) is 9.99 Å². The summed E-state index contributed by atoms with van der Waals surface area (Å²) in [6.45, 7) is 3.44. The molecule has 0 saturated heterocycles. The van der Waals surface area contributed by atoms with Crippen LogP contribution in [0, 0.1) is 13.8 Å². The zero-order valence-corrected chi connectivity index (χ0v) is 21.9. The summed E-state index contributed by atoms with van der Waals surface area (Å²) in [5.74, 6) is -0.617. The molecule has 1 heterocycles. The van der Waals surface area contributed by atoms with Crippen molar-refractivity contribution in [3.63, 3.8) is 0 Å². The predicted molar refractivity (Wildman–Crippen MR) is 137 cm³/mol. The van der Waals surface area contributed by atoms with E-state index in [1.165, 1.54) is 24.4 Å². The second-order valence-corrected chi connectivity index (χ2v) is 11.0. The van der Waals surface area contributed by atoms with Gasteiger partial charge in [-0.25, -0.2) is 13.8 Å². The second-order valence-electron chi connectivity index (χ2n) is 7.33. The number of hydrazone groups is 1. The molecule has 11 heteroatoms. The van der Waals surface area contributed by atoms with Crippen LogP contribution in [0.4, 0.5) is 5.69 Å². The Balaban J connectivity index is 1.76. The molecule has 2 aromatic carbocycles. The normalized spacial score (nSPS) is 11.7. The largest absolute Gasteiger partial charge is 0.318 e. The molecule has 3 rings (SSSR count). The number of nitrogens with one attached hydrogen (secondary N) is 1. The Bertz CT molecular complexity index is 1320. The Kier molecular flexibility index (Phi) is 7.89. The number of benzene rings is 2. The van der Waals surface area contributed by atoms with E-state index >= 15 is 0 Å². The van der Waals surface area contributed by atoms with E-state index in [4.69, 9.17) is 23.2 Å². The molecule has 0 aliphatic rings. The van der Waals surface area contributed by atoms with Gasteiger partial charge in [-0.1, -0.05) is 45.2 Å². The number of rotatable bonds is 7. The number of nitrogens with zero attached hydrogens (tertiary/aromatic N) is 3. The lowest BCUT2D eigenvalue weighted by molar-refractivity contribution is -0.119. The molecule has 174 valence electrons. The summed E-state index contributed by atoms with van der Waals surface area (Å²) < 4.78 is 28.4. The maximum Gasteiger partial charge on any atom is 0.260 e. The van der Waals surface area contributed by atoms with E-state index in [-0.39, 0.29) is 15.7 Å². The highest BCUT2D eigenvalue weighted by atomic mass is 79.9. The van der Waals surface area contributed by atoms with Gasteiger partial charge in [0, 0.05) is 37.2 Å². The molecule has 0 bridgehead atoms. The molecule has 1 aromatic heterocycles. The van der Waals surface area contributed by atoms with Crippen LogP contribution < -0.4 is 9.73 Å². The number of anilines is 1. The zero-order chi connectivity index (χ0) is 24.3. The standard InChI is InChI=1S/C22H21BrCl2N4O3S/c1-14-7-16(15(2)29(14)20-6-4-5-17(23)8-20)12-26-27-22(30)13-28(33(3,31)32)21-10-18(24)9-19(25)11-21/h4-12H,13H2,1-3H3,(H,27,30)/b26-12-. The average molecular weight is 572 g/mol. The van der Waals surface area contributed by atoms with Gasteiger partial charge in [0.25, 0.3) is 5.91 Å². The fourth-order valence-electron chi connectivity index (χ4n) is 3.35. The first kappa shape index (κ1) is 25.3. The van der Waals surface area contributed by atoms with Crippen molar-refractivity contribution in [2.24, 2.45) is 5.10 Å². The quantitative estimate of drug-likeness (QED) is 0.317. The van der Waals surface area contributed by atoms with Gasteiger partial charge in [0.15, 0.2) is 0 Å². The number of aryl methyl sites for hydroxylation is 1. The minimum Gasteiger partial charge on any atom is -0.318 e. The molecular formula is C22H21BrCl2N4O3S. The maximum atomic E-state index is 12.4. The fraction of sp³-hybridized carbons (Fsp3) is 0.182. The SMILES string of the molecule is Cc1cc(/C=N\NC(=O)CN(c2cc(Cl)cc(Cl)c2)S(C)(=O)=O)c(C)n1-c1cccc(Br)c1. The number of amides is 1. The van der Waals surface area contributed by atoms with E-state index in [2.05, 4.69) is 31.0 Å². The fourth-order valence-corrected chi connectivity index (χ4v) is 5.10. The summed E-state index contributed by atoms with van der Waals surface area (Å²) in [4.78, 5) is 12.4. The smallest absolute Gasteiger partial charge is 0.260 e. The first-order chi connectivity index (χ1) is 15.5. The first-order valence-electron chi connectivity index (χ1n) is 9.66. The van der Waals surface area contributed by atoms with Crippen LogP contribution in [0.1, 0.15) is 17.0 Å². The van der Waals surface area contributed by atoms with Crippen LogP contribution in [0.2, 0.25) is 10.0 Å². The van der Waals surface area contributed by atoms with Crippen molar-refractivity contribution in [2.75, 3.05) is 17.1 Å². The van der Waals surface area contributed by atoms with Crippen LogP contribution in [0.25, 0.3) is 5.69 Å². The van der Waals surface area contributed by atoms with Gasteiger partial charge >= 0.3 is 0 Å². The van der Waals surface area contributed by atoms with Gasteiger partial charge in [-0.3, -0.25) is 9.10 Å². The monoisotopic (exact) mass is 570 g/mol. The molecule has 1 amide bonds. The van der Waals surface area contributed by atoms with Crippen LogP contribution in [-0.4, -0.2) is 37.9 Å². The number of carbonyl (C=O) groups excluding carboxylic acids is 1. The molecule has 7 nitrogen and oxygen atoms in total. The van der Waals surface area contributed by atoms with E-state index in [1.54, 1.807) is 0 Å². The molecule has 0 radical (unpaired) electrons. The molecule has 3 aromatic rings. The Morgan fingerprint density at radius 2 is 1.82 bits per heavy atom. The van der Waals surface area contributed by atoms with E-state index in [0.717, 1.165) is 37.7 Å². The summed E-state index contributed by atoms with van der Waals surface area (Å²) in [5, 5.41) is 4.52. The third-order valence-electron chi connectivity index (χ3n) is 4.75. The summed E-state index contributed by atoms with van der Waals surface area (Å²) in [6.07, 6.45) is 2.52. The Morgan fingerprint density at radius 1 is 1.15 bits per heavy atom. The minimum absolute atomic E-state index is 0.187. The van der Waals surface area contributed by atoms with E-state index in [1.807, 2.05) is 44.2 Å². The average Bonchev–Trinajstić information content (AvgIpc) is 2.97. The number of sulfonamides is 1. The highest BCUT2D eigenvalue weighted by Crippen LogP contribution is 2.27. The van der Waals surface area contributed by atoms with E-state index < -0.39 is 22.5 Å². The number of aromatic nitrogens is 1. The van der Waals surface area contributed by atoms with Crippen LogP contribution in [-0.2, 0) is 14.8 Å². The Labute approximate surface area is 211 Å². The molecule has 33 heavy (non-hydrogen) atoms. The van der Waals surface area contributed by atoms with Crippen molar-refractivity contribution in [1.29, 1.82) is 0 Å². The minimum atomic E-state index is -3.77. The lowest BCUT2D eigenvalue weighted by Crippen LogP contribution is -2.39. The van der Waals surface area contributed by atoms with Gasteiger partial charge in [0.1, 0.15) is 6.54 Å². The Hall–Kier alpha value is -2.33. The topological polar surface area (TPSA) is 83.8 Å².